The molecule has 0 bridgehead atoms. The van der Waals surface area contributed by atoms with Gasteiger partial charge in [0.05, 0.1) is 24.6 Å². The molecule has 12 heteroatoms. The third-order valence-electron chi connectivity index (χ3n) is 6.97. The van der Waals surface area contributed by atoms with Gasteiger partial charge in [-0.25, -0.2) is 9.78 Å². The Bertz CT molecular complexity index is 1490. The maximum Gasteiger partial charge on any atom is 0.501 e. The molecule has 2 aliphatic heterocycles. The van der Waals surface area contributed by atoms with Gasteiger partial charge in [-0.15, -0.1) is 4.39 Å². The van der Waals surface area contributed by atoms with Gasteiger partial charge >= 0.3 is 6.22 Å². The number of halogens is 1. The lowest BCUT2D eigenvalue weighted by molar-refractivity contribution is -0.115. The van der Waals surface area contributed by atoms with E-state index in [-0.39, 0.29) is 0 Å². The summed E-state index contributed by atoms with van der Waals surface area (Å²) in [6.45, 7) is 8.40. The van der Waals surface area contributed by atoms with Gasteiger partial charge in [0.25, 0.3) is 5.91 Å². The first kappa shape index (κ1) is 28.7. The molecule has 0 unspecified atom stereocenters. The summed E-state index contributed by atoms with van der Waals surface area (Å²) in [4.78, 5) is 37.0. The smallest absolute Gasteiger partial charge is 0.396 e. The van der Waals surface area contributed by atoms with Crippen molar-refractivity contribution >= 4 is 52.2 Å². The number of ether oxygens (including phenoxy) is 2. The minimum Gasteiger partial charge on any atom is -0.396 e. The molecule has 3 heterocycles. The number of nitrogens with zero attached hydrogens (tertiary/aromatic N) is 4. The predicted octanol–water partition coefficient (Wildman–Crippen LogP) is 5.08. The number of piperazine rings is 1. The first-order valence-corrected chi connectivity index (χ1v) is 13.5. The maximum absolute atomic E-state index is 12.6. The van der Waals surface area contributed by atoms with Crippen LogP contribution in [0.3, 0.4) is 0 Å². The number of rotatable bonds is 9. The summed E-state index contributed by atoms with van der Waals surface area (Å²) in [7, 11) is 2.14. The van der Waals surface area contributed by atoms with E-state index >= 15 is 0 Å². The Balaban J connectivity index is 1.38. The van der Waals surface area contributed by atoms with Crippen LogP contribution < -0.4 is 20.9 Å². The van der Waals surface area contributed by atoms with Gasteiger partial charge in [-0.1, -0.05) is 18.2 Å². The topological polar surface area (TPSA) is 121 Å². The molecular weight excluding hydrogens is 541 g/mol. The minimum atomic E-state index is -2.12. The second-order valence-corrected chi connectivity index (χ2v) is 9.86. The zero-order chi connectivity index (χ0) is 29.5. The molecule has 1 saturated heterocycles. The highest BCUT2D eigenvalue weighted by atomic mass is 19.1. The van der Waals surface area contributed by atoms with E-state index < -0.39 is 17.9 Å². The summed E-state index contributed by atoms with van der Waals surface area (Å²) in [5.74, 6) is -0.651. The Kier molecular flexibility index (Phi) is 9.05. The summed E-state index contributed by atoms with van der Waals surface area (Å²) >= 11 is 0. The summed E-state index contributed by atoms with van der Waals surface area (Å²) in [6.07, 6.45) is 2.30. The second kappa shape index (κ2) is 13.2. The Hall–Kier alpha value is -4.81. The zero-order valence-corrected chi connectivity index (χ0v) is 23.2. The number of nitrogens with one attached hydrogen (secondary N) is 3. The van der Waals surface area contributed by atoms with Gasteiger partial charge in [0.1, 0.15) is 5.82 Å². The van der Waals surface area contributed by atoms with Crippen molar-refractivity contribution in [3.8, 4) is 0 Å². The maximum atomic E-state index is 12.6. The van der Waals surface area contributed by atoms with Gasteiger partial charge in [-0.05, 0) is 62.0 Å². The van der Waals surface area contributed by atoms with E-state index in [1.54, 1.807) is 30.5 Å². The van der Waals surface area contributed by atoms with Gasteiger partial charge in [0, 0.05) is 49.3 Å². The van der Waals surface area contributed by atoms with Crippen LogP contribution in [0, 0.1) is 0 Å². The van der Waals surface area contributed by atoms with Crippen molar-refractivity contribution in [3.63, 3.8) is 0 Å². The van der Waals surface area contributed by atoms with E-state index in [1.165, 1.54) is 5.69 Å². The van der Waals surface area contributed by atoms with E-state index in [0.717, 1.165) is 43.0 Å². The number of anilines is 6. The number of hydrogen-bond donors (Lipinski definition) is 3. The Morgan fingerprint density at radius 1 is 1.02 bits per heavy atom. The molecule has 2 aliphatic rings. The fraction of sp³-hybridized carbons (Fsp3) is 0.267. The monoisotopic (exact) mass is 573 g/mol. The van der Waals surface area contributed by atoms with Crippen LogP contribution in [0.4, 0.5) is 43.7 Å². The van der Waals surface area contributed by atoms with Crippen molar-refractivity contribution in [1.29, 1.82) is 0 Å². The number of aromatic nitrogens is 2. The third kappa shape index (κ3) is 7.28. The van der Waals surface area contributed by atoms with E-state index in [1.807, 2.05) is 18.2 Å². The largest absolute Gasteiger partial charge is 0.501 e. The van der Waals surface area contributed by atoms with Crippen molar-refractivity contribution < 1.29 is 23.5 Å². The average Bonchev–Trinajstić information content (AvgIpc) is 2.99. The first-order chi connectivity index (χ1) is 20.4. The summed E-state index contributed by atoms with van der Waals surface area (Å²) < 4.78 is 22.3. The number of benzene rings is 2. The van der Waals surface area contributed by atoms with Gasteiger partial charge in [0.2, 0.25) is 5.95 Å². The Labute approximate surface area is 243 Å². The first-order valence-electron chi connectivity index (χ1n) is 13.5. The van der Waals surface area contributed by atoms with Crippen LogP contribution in [-0.4, -0.2) is 73.4 Å². The lowest BCUT2D eigenvalue weighted by Gasteiger charge is -2.34. The second-order valence-electron chi connectivity index (χ2n) is 9.86. The quantitative estimate of drug-likeness (QED) is 0.182. The number of carbonyl (C=O) groups is 2. The van der Waals surface area contributed by atoms with Crippen molar-refractivity contribution in [2.45, 2.75) is 6.42 Å². The SMILES string of the molecule is C=C(OC(=O)F)C(=O)Nc1ccccc1Nc1nc(Nc2ccc(N3CCN(C)CC3)cc2)ncc1C1=CCOCC1. The van der Waals surface area contributed by atoms with E-state index in [9.17, 15) is 14.0 Å². The average molecular weight is 574 g/mol. The molecule has 1 aromatic heterocycles. The molecule has 0 aliphatic carbocycles. The fourth-order valence-corrected chi connectivity index (χ4v) is 4.66. The number of amides is 1. The van der Waals surface area contributed by atoms with Crippen molar-refractivity contribution in [3.05, 3.63) is 78.7 Å². The van der Waals surface area contributed by atoms with Crippen LogP contribution in [0.2, 0.25) is 0 Å². The lowest BCUT2D eigenvalue weighted by Crippen LogP contribution is -2.44. The molecule has 0 atom stereocenters. The van der Waals surface area contributed by atoms with Gasteiger partial charge < -0.3 is 35.2 Å². The highest BCUT2D eigenvalue weighted by molar-refractivity contribution is 6.05. The third-order valence-corrected chi connectivity index (χ3v) is 6.97. The van der Waals surface area contributed by atoms with E-state index in [2.05, 4.69) is 61.2 Å². The van der Waals surface area contributed by atoms with Gasteiger partial charge in [-0.3, -0.25) is 4.79 Å². The van der Waals surface area contributed by atoms with Crippen molar-refractivity contribution in [2.24, 2.45) is 0 Å². The number of para-hydroxylation sites is 2. The molecule has 0 radical (unpaired) electrons. The fourth-order valence-electron chi connectivity index (χ4n) is 4.66. The zero-order valence-electron chi connectivity index (χ0n) is 23.2. The minimum absolute atomic E-state index is 0.345. The number of carbonyl (C=O) groups excluding carboxylic acids is 2. The molecule has 5 rings (SSSR count). The highest BCUT2D eigenvalue weighted by Crippen LogP contribution is 2.32. The molecule has 2 aromatic carbocycles. The van der Waals surface area contributed by atoms with Gasteiger partial charge in [0.15, 0.2) is 5.76 Å². The molecule has 11 nitrogen and oxygen atoms in total. The summed E-state index contributed by atoms with van der Waals surface area (Å²) in [5.41, 5.74) is 4.66. The Morgan fingerprint density at radius 2 is 1.76 bits per heavy atom. The van der Waals surface area contributed by atoms with Crippen molar-refractivity contribution in [1.82, 2.24) is 14.9 Å². The van der Waals surface area contributed by atoms with Gasteiger partial charge in [-0.2, -0.15) is 4.98 Å². The molecule has 0 spiro atoms. The summed E-state index contributed by atoms with van der Waals surface area (Å²) in [6, 6.07) is 15.0. The molecule has 1 amide bonds. The molecule has 42 heavy (non-hydrogen) atoms. The van der Waals surface area contributed by atoms with Crippen molar-refractivity contribution in [2.75, 3.05) is 67.3 Å². The molecule has 3 aromatic rings. The molecule has 0 saturated carbocycles. The molecule has 218 valence electrons. The standard InChI is InChI=1S/C30H32FN7O4/c1-20(42-29(31)40)28(39)35-26-6-4-3-5-25(26)34-27-24(21-11-17-41-18-12-21)19-32-30(36-27)33-22-7-9-23(10-8-22)38-15-13-37(2)14-16-38/h3-11,19H,1,12-18H2,2H3,(H,35,39)(H2,32,33,34,36). The predicted molar refractivity (Wildman–Crippen MR) is 160 cm³/mol. The van der Waals surface area contributed by atoms with E-state index in [0.29, 0.717) is 42.8 Å². The van der Waals surface area contributed by atoms with Crippen LogP contribution in [0.15, 0.2) is 73.1 Å². The van der Waals surface area contributed by atoms with Crippen LogP contribution in [0.25, 0.3) is 5.57 Å². The molecule has 3 N–H and O–H groups in total. The lowest BCUT2D eigenvalue weighted by atomic mass is 10.0. The molecular formula is C30H32FN7O4. The number of hydrogen-bond acceptors (Lipinski definition) is 10. The molecule has 1 fully saturated rings. The normalized spacial score (nSPS) is 15.4. The summed E-state index contributed by atoms with van der Waals surface area (Å²) in [5, 5.41) is 9.15. The van der Waals surface area contributed by atoms with Crippen LogP contribution in [0.1, 0.15) is 12.0 Å². The highest BCUT2D eigenvalue weighted by Gasteiger charge is 2.19. The van der Waals surface area contributed by atoms with Crippen LogP contribution >= 0.6 is 0 Å². The number of likely N-dealkylation sites (N-methyl/N-ethyl adjacent to an activating group) is 1. The van der Waals surface area contributed by atoms with Crippen LogP contribution in [0.5, 0.6) is 0 Å². The Morgan fingerprint density at radius 3 is 2.45 bits per heavy atom. The van der Waals surface area contributed by atoms with Crippen LogP contribution in [-0.2, 0) is 14.3 Å². The van der Waals surface area contributed by atoms with E-state index in [4.69, 9.17) is 9.72 Å².